The van der Waals surface area contributed by atoms with Gasteiger partial charge in [-0.3, -0.25) is 4.99 Å². The van der Waals surface area contributed by atoms with Crippen LogP contribution in [-0.4, -0.2) is 44.4 Å². The van der Waals surface area contributed by atoms with Gasteiger partial charge in [0.1, 0.15) is 0 Å². The van der Waals surface area contributed by atoms with E-state index in [9.17, 15) is 5.11 Å². The Kier molecular flexibility index (Phi) is 7.18. The average molecular weight is 335 g/mol. The Morgan fingerprint density at radius 1 is 1.25 bits per heavy atom. The van der Waals surface area contributed by atoms with Gasteiger partial charge in [-0.15, -0.1) is 0 Å². The topological polar surface area (TPSA) is 75.1 Å². The van der Waals surface area contributed by atoms with Crippen LogP contribution < -0.4 is 20.1 Å². The number of hydrogen-bond donors (Lipinski definition) is 3. The summed E-state index contributed by atoms with van der Waals surface area (Å²) >= 11 is 0. The van der Waals surface area contributed by atoms with Crippen LogP contribution in [-0.2, 0) is 0 Å². The molecule has 1 aromatic rings. The summed E-state index contributed by atoms with van der Waals surface area (Å²) < 4.78 is 10.5. The van der Waals surface area contributed by atoms with Crippen molar-refractivity contribution in [1.29, 1.82) is 0 Å². The SMILES string of the molecule is CCNC(=NCC(O)c1ccc(OC)c(OC)c1)NC1CCCC1. The molecule has 1 atom stereocenters. The summed E-state index contributed by atoms with van der Waals surface area (Å²) in [6.07, 6.45) is 4.21. The van der Waals surface area contributed by atoms with Crippen LogP contribution in [0.25, 0.3) is 0 Å². The zero-order chi connectivity index (χ0) is 17.4. The molecule has 0 radical (unpaired) electrons. The number of rotatable bonds is 7. The summed E-state index contributed by atoms with van der Waals surface area (Å²) in [5.74, 6) is 2.02. The maximum atomic E-state index is 10.4. The molecule has 0 saturated heterocycles. The highest BCUT2D eigenvalue weighted by Crippen LogP contribution is 2.30. The van der Waals surface area contributed by atoms with E-state index in [4.69, 9.17) is 9.47 Å². The minimum absolute atomic E-state index is 0.289. The minimum atomic E-state index is -0.691. The van der Waals surface area contributed by atoms with Crippen LogP contribution >= 0.6 is 0 Å². The van der Waals surface area contributed by atoms with Gasteiger partial charge in [-0.2, -0.15) is 0 Å². The number of hydrogen-bond acceptors (Lipinski definition) is 4. The van der Waals surface area contributed by atoms with Gasteiger partial charge in [0.2, 0.25) is 0 Å². The quantitative estimate of drug-likeness (QED) is 0.526. The molecule has 0 spiro atoms. The Labute approximate surface area is 144 Å². The molecular formula is C18H29N3O3. The van der Waals surface area contributed by atoms with Crippen molar-refractivity contribution < 1.29 is 14.6 Å². The van der Waals surface area contributed by atoms with Gasteiger partial charge in [-0.05, 0) is 37.5 Å². The maximum absolute atomic E-state index is 10.4. The lowest BCUT2D eigenvalue weighted by molar-refractivity contribution is 0.186. The number of benzene rings is 1. The van der Waals surface area contributed by atoms with E-state index in [0.717, 1.165) is 18.1 Å². The van der Waals surface area contributed by atoms with Crippen LogP contribution in [0.2, 0.25) is 0 Å². The predicted octanol–water partition coefficient (Wildman–Crippen LogP) is 2.23. The summed E-state index contributed by atoms with van der Waals surface area (Å²) in [6.45, 7) is 3.12. The Morgan fingerprint density at radius 3 is 2.58 bits per heavy atom. The summed E-state index contributed by atoms with van der Waals surface area (Å²) in [5.41, 5.74) is 0.758. The monoisotopic (exact) mass is 335 g/mol. The molecule has 1 fully saturated rings. The number of guanidine groups is 1. The van der Waals surface area contributed by atoms with Crippen LogP contribution in [0.1, 0.15) is 44.3 Å². The Hall–Kier alpha value is -1.95. The molecular weight excluding hydrogens is 306 g/mol. The highest BCUT2D eigenvalue weighted by molar-refractivity contribution is 5.80. The van der Waals surface area contributed by atoms with Gasteiger partial charge in [0.25, 0.3) is 0 Å². The van der Waals surface area contributed by atoms with Gasteiger partial charge >= 0.3 is 0 Å². The van der Waals surface area contributed by atoms with Crippen LogP contribution in [0.15, 0.2) is 23.2 Å². The molecule has 0 heterocycles. The largest absolute Gasteiger partial charge is 0.493 e. The van der Waals surface area contributed by atoms with Crippen molar-refractivity contribution in [3.8, 4) is 11.5 Å². The van der Waals surface area contributed by atoms with Crippen LogP contribution in [0.5, 0.6) is 11.5 Å². The molecule has 1 saturated carbocycles. The second-order valence-electron chi connectivity index (χ2n) is 5.98. The normalized spacial score (nSPS) is 16.8. The third-order valence-electron chi connectivity index (χ3n) is 4.25. The first kappa shape index (κ1) is 18.4. The smallest absolute Gasteiger partial charge is 0.191 e. The third-order valence-corrected chi connectivity index (χ3v) is 4.25. The van der Waals surface area contributed by atoms with Crippen molar-refractivity contribution in [2.24, 2.45) is 4.99 Å². The summed E-state index contributed by atoms with van der Waals surface area (Å²) in [5, 5.41) is 17.1. The zero-order valence-electron chi connectivity index (χ0n) is 14.8. The molecule has 1 unspecified atom stereocenters. The molecule has 0 amide bonds. The highest BCUT2D eigenvalue weighted by atomic mass is 16.5. The van der Waals surface area contributed by atoms with Gasteiger partial charge in [-0.1, -0.05) is 18.9 Å². The molecule has 2 rings (SSSR count). The molecule has 6 nitrogen and oxygen atoms in total. The molecule has 6 heteroatoms. The van der Waals surface area contributed by atoms with Crippen molar-refractivity contribution in [1.82, 2.24) is 10.6 Å². The van der Waals surface area contributed by atoms with Crippen molar-refractivity contribution >= 4 is 5.96 Å². The minimum Gasteiger partial charge on any atom is -0.493 e. The molecule has 0 aliphatic heterocycles. The van der Waals surface area contributed by atoms with Crippen molar-refractivity contribution in [3.05, 3.63) is 23.8 Å². The van der Waals surface area contributed by atoms with E-state index in [2.05, 4.69) is 15.6 Å². The zero-order valence-corrected chi connectivity index (χ0v) is 14.8. The number of ether oxygens (including phenoxy) is 2. The second kappa shape index (κ2) is 9.37. The van der Waals surface area contributed by atoms with Gasteiger partial charge in [-0.25, -0.2) is 0 Å². The van der Waals surface area contributed by atoms with E-state index in [0.29, 0.717) is 17.5 Å². The van der Waals surface area contributed by atoms with Crippen molar-refractivity contribution in [2.75, 3.05) is 27.3 Å². The number of aliphatic imine (C=N–C) groups is 1. The van der Waals surface area contributed by atoms with Crippen LogP contribution in [0.3, 0.4) is 0 Å². The Balaban J connectivity index is 2.01. The molecule has 1 aliphatic rings. The number of methoxy groups -OCH3 is 2. The van der Waals surface area contributed by atoms with E-state index in [1.54, 1.807) is 26.4 Å². The van der Waals surface area contributed by atoms with Crippen LogP contribution in [0.4, 0.5) is 0 Å². The molecule has 0 aromatic heterocycles. The standard InChI is InChI=1S/C18H29N3O3/c1-4-19-18(21-14-7-5-6-8-14)20-12-15(22)13-9-10-16(23-2)17(11-13)24-3/h9-11,14-15,22H,4-8,12H2,1-3H3,(H2,19,20,21). The summed E-state index contributed by atoms with van der Waals surface area (Å²) in [7, 11) is 3.18. The van der Waals surface area contributed by atoms with Gasteiger partial charge in [0, 0.05) is 12.6 Å². The molecule has 1 aromatic carbocycles. The Bertz CT molecular complexity index is 542. The first-order valence-electron chi connectivity index (χ1n) is 8.62. The van der Waals surface area contributed by atoms with E-state index >= 15 is 0 Å². The first-order valence-corrected chi connectivity index (χ1v) is 8.62. The second-order valence-corrected chi connectivity index (χ2v) is 5.98. The number of aliphatic hydroxyl groups excluding tert-OH is 1. The third kappa shape index (κ3) is 5.03. The fourth-order valence-corrected chi connectivity index (χ4v) is 2.93. The fraction of sp³-hybridized carbons (Fsp3) is 0.611. The van der Waals surface area contributed by atoms with Gasteiger partial charge in [0.15, 0.2) is 17.5 Å². The lowest BCUT2D eigenvalue weighted by Gasteiger charge is -2.18. The fourth-order valence-electron chi connectivity index (χ4n) is 2.93. The lowest BCUT2D eigenvalue weighted by Crippen LogP contribution is -2.42. The van der Waals surface area contributed by atoms with Crippen molar-refractivity contribution in [2.45, 2.75) is 44.8 Å². The summed E-state index contributed by atoms with van der Waals surface area (Å²) in [6, 6.07) is 5.90. The van der Waals surface area contributed by atoms with E-state index in [-0.39, 0.29) is 6.54 Å². The maximum Gasteiger partial charge on any atom is 0.191 e. The van der Waals surface area contributed by atoms with E-state index in [1.165, 1.54) is 25.7 Å². The molecule has 1 aliphatic carbocycles. The Morgan fingerprint density at radius 2 is 1.96 bits per heavy atom. The molecule has 24 heavy (non-hydrogen) atoms. The number of nitrogens with zero attached hydrogens (tertiary/aromatic N) is 1. The van der Waals surface area contributed by atoms with E-state index < -0.39 is 6.10 Å². The molecule has 3 N–H and O–H groups in total. The molecule has 134 valence electrons. The average Bonchev–Trinajstić information content (AvgIpc) is 3.12. The summed E-state index contributed by atoms with van der Waals surface area (Å²) in [4.78, 5) is 4.52. The lowest BCUT2D eigenvalue weighted by atomic mass is 10.1. The van der Waals surface area contributed by atoms with Gasteiger partial charge in [0.05, 0.1) is 26.9 Å². The highest BCUT2D eigenvalue weighted by Gasteiger charge is 2.16. The van der Waals surface area contributed by atoms with Crippen LogP contribution in [0, 0.1) is 0 Å². The number of nitrogens with one attached hydrogen (secondary N) is 2. The molecule has 0 bridgehead atoms. The van der Waals surface area contributed by atoms with E-state index in [1.807, 2.05) is 13.0 Å². The first-order chi connectivity index (χ1) is 11.7. The van der Waals surface area contributed by atoms with Gasteiger partial charge < -0.3 is 25.2 Å². The van der Waals surface area contributed by atoms with Crippen molar-refractivity contribution in [3.63, 3.8) is 0 Å². The predicted molar refractivity (Wildman–Crippen MR) is 95.9 cm³/mol. The number of aliphatic hydroxyl groups is 1.